The monoisotopic (exact) mass is 202 g/mol. The Morgan fingerprint density at radius 2 is 2.13 bits per heavy atom. The molecule has 0 aliphatic rings. The Morgan fingerprint density at radius 1 is 1.27 bits per heavy atom. The molecule has 0 aliphatic carbocycles. The lowest BCUT2D eigenvalue weighted by molar-refractivity contribution is 1.10. The quantitative estimate of drug-likeness (QED) is 0.466. The molecule has 7 nitrogen and oxygen atoms in total. The van der Waals surface area contributed by atoms with Gasteiger partial charge in [-0.3, -0.25) is 9.89 Å². The number of H-pyrrole nitrogens is 2. The molecule has 0 radical (unpaired) electrons. The highest BCUT2D eigenvalue weighted by Gasteiger charge is 2.08. The molecule has 0 aromatic carbocycles. The van der Waals surface area contributed by atoms with Crippen LogP contribution >= 0.6 is 0 Å². The van der Waals surface area contributed by atoms with Crippen molar-refractivity contribution in [2.24, 2.45) is 0 Å². The van der Waals surface area contributed by atoms with Gasteiger partial charge in [-0.15, -0.1) is 0 Å². The van der Waals surface area contributed by atoms with Crippen LogP contribution in [0.5, 0.6) is 0 Å². The zero-order chi connectivity index (χ0) is 10.4. The Kier molecular flexibility index (Phi) is 1.34. The van der Waals surface area contributed by atoms with Crippen LogP contribution in [0.25, 0.3) is 22.1 Å². The number of nitrogens with two attached hydrogens (primary N) is 1. The number of hydrogen-bond donors (Lipinski definition) is 3. The average molecular weight is 202 g/mol. The summed E-state index contributed by atoms with van der Waals surface area (Å²) < 4.78 is 0. The molecule has 3 heterocycles. The van der Waals surface area contributed by atoms with Gasteiger partial charge in [0.1, 0.15) is 5.82 Å². The maximum Gasteiger partial charge on any atom is 0.260 e. The third-order valence-electron chi connectivity index (χ3n) is 2.18. The van der Waals surface area contributed by atoms with Crippen molar-refractivity contribution in [3.8, 4) is 0 Å². The van der Waals surface area contributed by atoms with E-state index in [-0.39, 0.29) is 5.56 Å². The number of rotatable bonds is 0. The fourth-order valence-corrected chi connectivity index (χ4v) is 1.45. The minimum Gasteiger partial charge on any atom is -0.384 e. The van der Waals surface area contributed by atoms with E-state index < -0.39 is 0 Å². The number of aromatic nitrogens is 5. The Morgan fingerprint density at radius 3 is 3.00 bits per heavy atom. The highest BCUT2D eigenvalue weighted by molar-refractivity contribution is 5.94. The van der Waals surface area contributed by atoms with Crippen molar-refractivity contribution in [2.75, 3.05) is 5.73 Å². The van der Waals surface area contributed by atoms with Crippen LogP contribution in [0, 0.1) is 0 Å². The number of nitrogens with one attached hydrogen (secondary N) is 2. The molecule has 74 valence electrons. The number of pyridine rings is 1. The number of anilines is 1. The average Bonchev–Trinajstić information content (AvgIpc) is 2.59. The molecule has 0 spiro atoms. The maximum atomic E-state index is 11.4. The fourth-order valence-electron chi connectivity index (χ4n) is 1.45. The lowest BCUT2D eigenvalue weighted by Gasteiger charge is -1.94. The SMILES string of the molecule is Nc1[nH]nc2nc3nc[nH]c(=O)c3cc12. The molecule has 0 saturated heterocycles. The molecule has 3 aromatic rings. The largest absolute Gasteiger partial charge is 0.384 e. The first-order valence-electron chi connectivity index (χ1n) is 4.24. The summed E-state index contributed by atoms with van der Waals surface area (Å²) in [6.45, 7) is 0. The number of nitrogen functional groups attached to an aromatic ring is 1. The third-order valence-corrected chi connectivity index (χ3v) is 2.18. The molecule has 0 bridgehead atoms. The highest BCUT2D eigenvalue weighted by atomic mass is 16.1. The number of aromatic amines is 2. The van der Waals surface area contributed by atoms with E-state index in [2.05, 4.69) is 25.1 Å². The van der Waals surface area contributed by atoms with Gasteiger partial charge in [-0.25, -0.2) is 9.97 Å². The van der Waals surface area contributed by atoms with E-state index in [9.17, 15) is 4.79 Å². The van der Waals surface area contributed by atoms with Crippen LogP contribution in [0.2, 0.25) is 0 Å². The first-order valence-corrected chi connectivity index (χ1v) is 4.24. The Hall–Kier alpha value is -2.44. The number of hydrogen-bond acceptors (Lipinski definition) is 5. The van der Waals surface area contributed by atoms with Gasteiger partial charge in [0.05, 0.1) is 17.1 Å². The Balaban J connectivity index is 2.61. The van der Waals surface area contributed by atoms with Crippen LogP contribution in [0.1, 0.15) is 0 Å². The van der Waals surface area contributed by atoms with Crippen molar-refractivity contribution in [3.63, 3.8) is 0 Å². The van der Waals surface area contributed by atoms with Gasteiger partial charge >= 0.3 is 0 Å². The molecule has 0 atom stereocenters. The second-order valence-electron chi connectivity index (χ2n) is 3.10. The smallest absolute Gasteiger partial charge is 0.260 e. The van der Waals surface area contributed by atoms with Gasteiger partial charge in [0.25, 0.3) is 5.56 Å². The van der Waals surface area contributed by atoms with E-state index in [1.54, 1.807) is 6.07 Å². The molecule has 0 aliphatic heterocycles. The molecular formula is C8H6N6O. The van der Waals surface area contributed by atoms with Crippen molar-refractivity contribution in [1.82, 2.24) is 25.1 Å². The fraction of sp³-hybridized carbons (Fsp3) is 0. The van der Waals surface area contributed by atoms with E-state index in [0.717, 1.165) is 0 Å². The van der Waals surface area contributed by atoms with E-state index in [1.807, 2.05) is 0 Å². The molecule has 0 fully saturated rings. The summed E-state index contributed by atoms with van der Waals surface area (Å²) in [7, 11) is 0. The van der Waals surface area contributed by atoms with Crippen molar-refractivity contribution >= 4 is 27.9 Å². The molecule has 3 rings (SSSR count). The molecule has 15 heavy (non-hydrogen) atoms. The van der Waals surface area contributed by atoms with Crippen LogP contribution in [-0.4, -0.2) is 25.1 Å². The zero-order valence-electron chi connectivity index (χ0n) is 7.48. The highest BCUT2D eigenvalue weighted by Crippen LogP contribution is 2.18. The lowest BCUT2D eigenvalue weighted by Crippen LogP contribution is -2.07. The minimum absolute atomic E-state index is 0.241. The summed E-state index contributed by atoms with van der Waals surface area (Å²) in [6, 6.07) is 1.63. The van der Waals surface area contributed by atoms with Crippen LogP contribution in [0.15, 0.2) is 17.2 Å². The van der Waals surface area contributed by atoms with Crippen LogP contribution in [-0.2, 0) is 0 Å². The molecule has 0 amide bonds. The normalized spacial score (nSPS) is 11.2. The number of nitrogens with zero attached hydrogens (tertiary/aromatic N) is 3. The topological polar surface area (TPSA) is 113 Å². The Labute approximate surface area is 82.4 Å². The third kappa shape index (κ3) is 0.997. The van der Waals surface area contributed by atoms with Crippen LogP contribution < -0.4 is 11.3 Å². The molecular weight excluding hydrogens is 196 g/mol. The first kappa shape index (κ1) is 7.92. The zero-order valence-corrected chi connectivity index (χ0v) is 7.48. The molecule has 0 saturated carbocycles. The predicted molar refractivity (Wildman–Crippen MR) is 54.2 cm³/mol. The van der Waals surface area contributed by atoms with Gasteiger partial charge in [0.15, 0.2) is 11.3 Å². The summed E-state index contributed by atoms with van der Waals surface area (Å²) in [5, 5.41) is 7.51. The maximum absolute atomic E-state index is 11.4. The molecule has 7 heteroatoms. The van der Waals surface area contributed by atoms with Crippen LogP contribution in [0.3, 0.4) is 0 Å². The molecule has 4 N–H and O–H groups in total. The van der Waals surface area contributed by atoms with Crippen molar-refractivity contribution in [1.29, 1.82) is 0 Å². The molecule has 3 aromatic heterocycles. The second-order valence-corrected chi connectivity index (χ2v) is 3.10. The van der Waals surface area contributed by atoms with Gasteiger partial charge < -0.3 is 10.7 Å². The lowest BCUT2D eigenvalue weighted by atomic mass is 10.2. The minimum atomic E-state index is -0.241. The Bertz CT molecular complexity index is 712. The summed E-state index contributed by atoms with van der Waals surface area (Å²) in [4.78, 5) is 22.0. The number of fused-ring (bicyclic) bond motifs is 2. The summed E-state index contributed by atoms with van der Waals surface area (Å²) in [5.74, 6) is 0.391. The van der Waals surface area contributed by atoms with Gasteiger partial charge in [0, 0.05) is 0 Å². The van der Waals surface area contributed by atoms with E-state index in [1.165, 1.54) is 6.33 Å². The van der Waals surface area contributed by atoms with E-state index in [4.69, 9.17) is 5.73 Å². The summed E-state index contributed by atoms with van der Waals surface area (Å²) in [6.07, 6.45) is 1.31. The van der Waals surface area contributed by atoms with Gasteiger partial charge in [-0.05, 0) is 6.07 Å². The second kappa shape index (κ2) is 2.53. The van der Waals surface area contributed by atoms with Gasteiger partial charge in [-0.2, -0.15) is 5.10 Å². The summed E-state index contributed by atoms with van der Waals surface area (Å²) in [5.41, 5.74) is 6.20. The van der Waals surface area contributed by atoms with Gasteiger partial charge in [0.2, 0.25) is 0 Å². The van der Waals surface area contributed by atoms with E-state index >= 15 is 0 Å². The van der Waals surface area contributed by atoms with Crippen molar-refractivity contribution in [2.45, 2.75) is 0 Å². The standard InChI is InChI=1S/C8H6N6O/c9-5-3-1-4-6(10-2-11-8(4)15)12-7(3)14-13-5/h1-2H,(H4,9,10,11,12,13,14,15). The summed E-state index contributed by atoms with van der Waals surface area (Å²) >= 11 is 0. The predicted octanol–water partition coefficient (Wildman–Crippen LogP) is -0.223. The van der Waals surface area contributed by atoms with E-state index in [0.29, 0.717) is 27.9 Å². The van der Waals surface area contributed by atoms with Crippen LogP contribution in [0.4, 0.5) is 5.82 Å². The van der Waals surface area contributed by atoms with Gasteiger partial charge in [-0.1, -0.05) is 0 Å². The first-order chi connectivity index (χ1) is 7.25. The van der Waals surface area contributed by atoms with Crippen molar-refractivity contribution in [3.05, 3.63) is 22.7 Å². The van der Waals surface area contributed by atoms with Crippen molar-refractivity contribution < 1.29 is 0 Å². The molecule has 0 unspecified atom stereocenters.